The molecule has 0 saturated heterocycles. The average molecular weight is 138 g/mol. The molecule has 0 spiro atoms. The van der Waals surface area contributed by atoms with Crippen molar-refractivity contribution in [2.24, 2.45) is 17.3 Å². The molecule has 2 atom stereocenters. The molecule has 10 heavy (non-hydrogen) atoms. The molecule has 0 unspecified atom stereocenters. The van der Waals surface area contributed by atoms with Crippen molar-refractivity contribution in [3.05, 3.63) is 0 Å². The number of carbonyl (C=O) groups is 1. The van der Waals surface area contributed by atoms with Crippen molar-refractivity contribution >= 4 is 5.78 Å². The van der Waals surface area contributed by atoms with Gasteiger partial charge in [0.05, 0.1) is 0 Å². The third-order valence-electron chi connectivity index (χ3n) is 3.59. The van der Waals surface area contributed by atoms with Crippen molar-refractivity contribution in [3.8, 4) is 0 Å². The van der Waals surface area contributed by atoms with Gasteiger partial charge in [-0.1, -0.05) is 13.8 Å². The summed E-state index contributed by atoms with van der Waals surface area (Å²) in [6.45, 7) is 4.50. The van der Waals surface area contributed by atoms with Crippen LogP contribution in [0.4, 0.5) is 0 Å². The van der Waals surface area contributed by atoms with E-state index in [-0.39, 0.29) is 0 Å². The Kier molecular flexibility index (Phi) is 1.04. The number of ketones is 1. The maximum absolute atomic E-state index is 11.3. The molecule has 0 aromatic rings. The minimum absolute atomic E-state index is 0.344. The Labute approximate surface area is 61.8 Å². The Morgan fingerprint density at radius 3 is 2.30 bits per heavy atom. The Hall–Kier alpha value is -0.330. The average Bonchev–Trinajstić information content (AvgIpc) is 2.20. The molecule has 2 aliphatic carbocycles. The molecule has 2 aliphatic rings. The zero-order valence-electron chi connectivity index (χ0n) is 6.68. The van der Waals surface area contributed by atoms with Gasteiger partial charge in [0.2, 0.25) is 0 Å². The van der Waals surface area contributed by atoms with Crippen LogP contribution in [0.1, 0.15) is 33.1 Å². The fraction of sp³-hybridized carbons (Fsp3) is 0.889. The van der Waals surface area contributed by atoms with E-state index in [1.54, 1.807) is 0 Å². The van der Waals surface area contributed by atoms with Gasteiger partial charge in [-0.2, -0.15) is 0 Å². The van der Waals surface area contributed by atoms with E-state index in [2.05, 4.69) is 13.8 Å². The zero-order chi connectivity index (χ0) is 7.35. The van der Waals surface area contributed by atoms with E-state index in [1.165, 1.54) is 6.42 Å². The lowest BCUT2D eigenvalue weighted by molar-refractivity contribution is -0.122. The second-order valence-corrected chi connectivity index (χ2v) is 4.32. The molecule has 2 rings (SSSR count). The minimum Gasteiger partial charge on any atom is -0.299 e. The molecule has 2 fully saturated rings. The Bertz CT molecular complexity index is 181. The van der Waals surface area contributed by atoms with Crippen molar-refractivity contribution in [2.45, 2.75) is 33.1 Å². The molecule has 0 amide bonds. The maximum Gasteiger partial charge on any atom is 0.136 e. The summed E-state index contributed by atoms with van der Waals surface area (Å²) in [6, 6.07) is 0. The monoisotopic (exact) mass is 138 g/mol. The zero-order valence-corrected chi connectivity index (χ0v) is 6.68. The molecule has 1 heteroatoms. The second-order valence-electron chi connectivity index (χ2n) is 4.32. The molecule has 2 bridgehead atoms. The van der Waals surface area contributed by atoms with E-state index in [0.29, 0.717) is 23.0 Å². The SMILES string of the molecule is CC1(C)[C@@H]2CC[C@H]1C(=O)C2. The van der Waals surface area contributed by atoms with Gasteiger partial charge in [0, 0.05) is 12.3 Å². The van der Waals surface area contributed by atoms with Gasteiger partial charge in [-0.15, -0.1) is 0 Å². The fourth-order valence-electron chi connectivity index (χ4n) is 2.72. The van der Waals surface area contributed by atoms with E-state index in [0.717, 1.165) is 12.8 Å². The van der Waals surface area contributed by atoms with Gasteiger partial charge in [-0.25, -0.2) is 0 Å². The molecule has 0 heterocycles. The summed E-state index contributed by atoms with van der Waals surface area (Å²) < 4.78 is 0. The first kappa shape index (κ1) is 6.38. The summed E-state index contributed by atoms with van der Waals surface area (Å²) in [5, 5.41) is 0. The van der Waals surface area contributed by atoms with Crippen molar-refractivity contribution in [2.75, 3.05) is 0 Å². The third-order valence-corrected chi connectivity index (χ3v) is 3.59. The molecule has 0 aromatic carbocycles. The molecule has 0 radical (unpaired) electrons. The van der Waals surface area contributed by atoms with Crippen LogP contribution >= 0.6 is 0 Å². The van der Waals surface area contributed by atoms with Crippen LogP contribution in [-0.2, 0) is 4.79 Å². The molecular weight excluding hydrogens is 124 g/mol. The summed E-state index contributed by atoms with van der Waals surface area (Å²) in [7, 11) is 0. The number of carbonyl (C=O) groups excluding carboxylic acids is 1. The van der Waals surface area contributed by atoms with Crippen LogP contribution in [0.2, 0.25) is 0 Å². The van der Waals surface area contributed by atoms with Crippen molar-refractivity contribution in [1.29, 1.82) is 0 Å². The molecule has 56 valence electrons. The van der Waals surface area contributed by atoms with E-state index < -0.39 is 0 Å². The first-order chi connectivity index (χ1) is 4.62. The van der Waals surface area contributed by atoms with Crippen LogP contribution in [0.15, 0.2) is 0 Å². The Balaban J connectivity index is 2.35. The standard InChI is InChI=1S/C9H14O/c1-9(2)6-3-4-7(9)8(10)5-6/h6-7H,3-5H2,1-2H3/t6-,7+/m1/s1. The summed E-state index contributed by atoms with van der Waals surface area (Å²) in [5.74, 6) is 1.66. The van der Waals surface area contributed by atoms with Gasteiger partial charge in [0.1, 0.15) is 5.78 Å². The fourth-order valence-corrected chi connectivity index (χ4v) is 2.72. The summed E-state index contributed by atoms with van der Waals surface area (Å²) in [6.07, 6.45) is 3.33. The predicted molar refractivity (Wildman–Crippen MR) is 39.6 cm³/mol. The van der Waals surface area contributed by atoms with E-state index in [1.807, 2.05) is 0 Å². The Morgan fingerprint density at radius 2 is 2.10 bits per heavy atom. The Morgan fingerprint density at radius 1 is 1.40 bits per heavy atom. The van der Waals surface area contributed by atoms with Crippen molar-refractivity contribution in [1.82, 2.24) is 0 Å². The number of Topliss-reactive ketones (excluding diaryl/α,β-unsaturated/α-hetero) is 1. The lowest BCUT2D eigenvalue weighted by atomic mass is 9.82. The highest BCUT2D eigenvalue weighted by Gasteiger charge is 2.52. The molecule has 0 N–H and O–H groups in total. The third kappa shape index (κ3) is 0.561. The van der Waals surface area contributed by atoms with Crippen LogP contribution < -0.4 is 0 Å². The van der Waals surface area contributed by atoms with Gasteiger partial charge >= 0.3 is 0 Å². The van der Waals surface area contributed by atoms with Crippen LogP contribution in [0, 0.1) is 17.3 Å². The van der Waals surface area contributed by atoms with Gasteiger partial charge in [-0.05, 0) is 24.2 Å². The van der Waals surface area contributed by atoms with Gasteiger partial charge < -0.3 is 0 Å². The number of rotatable bonds is 0. The van der Waals surface area contributed by atoms with Gasteiger partial charge in [-0.3, -0.25) is 4.79 Å². The van der Waals surface area contributed by atoms with Gasteiger partial charge in [0.25, 0.3) is 0 Å². The first-order valence-corrected chi connectivity index (χ1v) is 4.15. The number of fused-ring (bicyclic) bond motifs is 2. The lowest BCUT2D eigenvalue weighted by Crippen LogP contribution is -2.19. The summed E-state index contributed by atoms with van der Waals surface area (Å²) in [5.41, 5.74) is 0.344. The maximum atomic E-state index is 11.3. The number of hydrogen-bond acceptors (Lipinski definition) is 1. The van der Waals surface area contributed by atoms with E-state index in [4.69, 9.17) is 0 Å². The van der Waals surface area contributed by atoms with E-state index >= 15 is 0 Å². The lowest BCUT2D eigenvalue weighted by Gasteiger charge is -2.21. The molecular formula is C9H14O. The van der Waals surface area contributed by atoms with Crippen LogP contribution in [0.3, 0.4) is 0 Å². The van der Waals surface area contributed by atoms with Gasteiger partial charge in [0.15, 0.2) is 0 Å². The van der Waals surface area contributed by atoms with Crippen LogP contribution in [-0.4, -0.2) is 5.78 Å². The second kappa shape index (κ2) is 1.63. The molecule has 0 aliphatic heterocycles. The smallest absolute Gasteiger partial charge is 0.136 e. The van der Waals surface area contributed by atoms with Crippen LogP contribution in [0.5, 0.6) is 0 Å². The van der Waals surface area contributed by atoms with Crippen molar-refractivity contribution in [3.63, 3.8) is 0 Å². The largest absolute Gasteiger partial charge is 0.299 e. The highest BCUT2D eigenvalue weighted by atomic mass is 16.1. The molecule has 0 aromatic heterocycles. The first-order valence-electron chi connectivity index (χ1n) is 4.15. The predicted octanol–water partition coefficient (Wildman–Crippen LogP) is 2.01. The molecule has 2 saturated carbocycles. The quantitative estimate of drug-likeness (QED) is 0.500. The highest BCUT2D eigenvalue weighted by molar-refractivity contribution is 5.85. The summed E-state index contributed by atoms with van der Waals surface area (Å²) >= 11 is 0. The summed E-state index contributed by atoms with van der Waals surface area (Å²) in [4.78, 5) is 11.3. The topological polar surface area (TPSA) is 17.1 Å². The van der Waals surface area contributed by atoms with E-state index in [9.17, 15) is 4.79 Å². The van der Waals surface area contributed by atoms with Crippen LogP contribution in [0.25, 0.3) is 0 Å². The normalized spacial score (nSPS) is 42.8. The molecule has 1 nitrogen and oxygen atoms in total. The number of hydrogen-bond donors (Lipinski definition) is 0. The van der Waals surface area contributed by atoms with Crippen molar-refractivity contribution < 1.29 is 4.79 Å². The highest BCUT2D eigenvalue weighted by Crippen LogP contribution is 2.55. The minimum atomic E-state index is 0.344.